The molecule has 2 aromatic rings. The van der Waals surface area contributed by atoms with Crippen LogP contribution in [0, 0.1) is 0 Å². The lowest BCUT2D eigenvalue weighted by atomic mass is 9.85. The van der Waals surface area contributed by atoms with Crippen molar-refractivity contribution >= 4 is 38.2 Å². The molecule has 1 aromatic carbocycles. The molecule has 0 saturated carbocycles. The van der Waals surface area contributed by atoms with E-state index in [4.69, 9.17) is 15.0 Å². The number of carbonyl (C=O) groups excluding carboxylic acids is 1. The van der Waals surface area contributed by atoms with Gasteiger partial charge in [0.25, 0.3) is 0 Å². The Morgan fingerprint density at radius 3 is 2.85 bits per heavy atom. The van der Waals surface area contributed by atoms with E-state index >= 15 is 0 Å². The first kappa shape index (κ1) is 18.6. The van der Waals surface area contributed by atoms with Crippen molar-refractivity contribution in [1.82, 2.24) is 4.98 Å². The number of rotatable bonds is 3. The molecule has 4 rings (SSSR count). The van der Waals surface area contributed by atoms with Crippen LogP contribution >= 0.6 is 11.6 Å². The normalized spacial score (nSPS) is 21.3. The number of carbonyl (C=O) groups is 1. The number of benzene rings is 1. The molecular formula is C19H18B2N2O3S. The van der Waals surface area contributed by atoms with Crippen molar-refractivity contribution in [1.29, 1.82) is 0 Å². The Labute approximate surface area is 164 Å². The first-order valence-electron chi connectivity index (χ1n) is 8.92. The highest BCUT2D eigenvalue weighted by atomic mass is 32.2. The van der Waals surface area contributed by atoms with E-state index in [0.717, 1.165) is 52.0 Å². The van der Waals surface area contributed by atoms with Crippen LogP contribution in [-0.4, -0.2) is 41.0 Å². The molecule has 27 heavy (non-hydrogen) atoms. The number of aliphatic hydroxyl groups is 2. The maximum Gasteiger partial charge on any atom is 0.229 e. The van der Waals surface area contributed by atoms with Gasteiger partial charge in [-0.2, -0.15) is 11.6 Å². The van der Waals surface area contributed by atoms with Crippen LogP contribution in [0.25, 0.3) is 11.1 Å². The molecule has 8 heteroatoms. The number of aryl methyl sites for hydroxylation is 1. The lowest BCUT2D eigenvalue weighted by Gasteiger charge is -2.40. The quantitative estimate of drug-likeness (QED) is 0.633. The third kappa shape index (κ3) is 3.20. The number of amides is 1. The van der Waals surface area contributed by atoms with Gasteiger partial charge < -0.3 is 10.2 Å². The highest BCUT2D eigenvalue weighted by Gasteiger charge is 2.36. The summed E-state index contributed by atoms with van der Waals surface area (Å²) in [5.74, 6) is -0.264. The number of hydrogen-bond donors (Lipinski definition) is 2. The topological polar surface area (TPSA) is 73.7 Å². The van der Waals surface area contributed by atoms with Crippen LogP contribution in [0.15, 0.2) is 30.6 Å². The van der Waals surface area contributed by atoms with E-state index < -0.39 is 11.1 Å². The summed E-state index contributed by atoms with van der Waals surface area (Å²) in [5, 5.41) is 20.6. The van der Waals surface area contributed by atoms with Crippen molar-refractivity contribution in [3.63, 3.8) is 0 Å². The standard InChI is InChI=1S/C19H18B2N2O3S/c20-19(26,27-21)23-16-6-4-11(8-12(16)5-7-18(23)25)14-9-22-10-15-13(14)2-1-3-17(15)24/h4,6,8-10,17,24,26H,1-3,5,7H2. The number of fused-ring (bicyclic) bond motifs is 2. The van der Waals surface area contributed by atoms with Gasteiger partial charge in [0.05, 0.1) is 6.10 Å². The van der Waals surface area contributed by atoms with Gasteiger partial charge >= 0.3 is 0 Å². The van der Waals surface area contributed by atoms with Crippen LogP contribution in [0.5, 0.6) is 0 Å². The third-order valence-electron chi connectivity index (χ3n) is 5.34. The molecule has 134 valence electrons. The summed E-state index contributed by atoms with van der Waals surface area (Å²) in [7, 11) is 11.3. The predicted molar refractivity (Wildman–Crippen MR) is 107 cm³/mol. The molecule has 4 radical (unpaired) electrons. The van der Waals surface area contributed by atoms with Crippen LogP contribution in [-0.2, 0) is 17.6 Å². The van der Waals surface area contributed by atoms with Gasteiger partial charge in [-0.25, -0.2) is 0 Å². The number of nitrogens with zero attached hydrogens (tertiary/aromatic N) is 2. The lowest BCUT2D eigenvalue weighted by Crippen LogP contribution is -2.52. The van der Waals surface area contributed by atoms with E-state index in [1.807, 2.05) is 18.3 Å². The summed E-state index contributed by atoms with van der Waals surface area (Å²) < 4.78 is 0. The molecule has 1 aliphatic carbocycles. The molecule has 1 aliphatic heterocycles. The fourth-order valence-electron chi connectivity index (χ4n) is 4.01. The number of aliphatic hydroxyl groups excluding tert-OH is 1. The lowest BCUT2D eigenvalue weighted by molar-refractivity contribution is -0.120. The Morgan fingerprint density at radius 2 is 2.07 bits per heavy atom. The minimum absolute atomic E-state index is 0.250. The molecule has 1 aromatic heterocycles. The van der Waals surface area contributed by atoms with Crippen LogP contribution < -0.4 is 4.90 Å². The zero-order valence-electron chi connectivity index (χ0n) is 14.8. The maximum atomic E-state index is 12.3. The summed E-state index contributed by atoms with van der Waals surface area (Å²) in [6, 6.07) is 5.68. The van der Waals surface area contributed by atoms with Gasteiger partial charge in [-0.05, 0) is 54.5 Å². The molecule has 0 saturated heterocycles. The van der Waals surface area contributed by atoms with Gasteiger partial charge in [0.2, 0.25) is 5.91 Å². The number of anilines is 1. The maximum absolute atomic E-state index is 12.3. The first-order chi connectivity index (χ1) is 12.9. The zero-order valence-corrected chi connectivity index (χ0v) is 15.6. The molecule has 2 N–H and O–H groups in total. The third-order valence-corrected chi connectivity index (χ3v) is 5.87. The Morgan fingerprint density at radius 1 is 1.26 bits per heavy atom. The fraction of sp³-hybridized carbons (Fsp3) is 0.368. The average molecular weight is 376 g/mol. The van der Waals surface area contributed by atoms with Gasteiger partial charge in [-0.1, -0.05) is 6.07 Å². The van der Waals surface area contributed by atoms with E-state index in [2.05, 4.69) is 4.98 Å². The van der Waals surface area contributed by atoms with Gasteiger partial charge in [0, 0.05) is 35.6 Å². The van der Waals surface area contributed by atoms with Crippen molar-refractivity contribution < 1.29 is 15.0 Å². The molecule has 5 nitrogen and oxygen atoms in total. The largest absolute Gasteiger partial charge is 0.388 e. The summed E-state index contributed by atoms with van der Waals surface area (Å²) >= 11 is 0.521. The van der Waals surface area contributed by atoms with Crippen molar-refractivity contribution in [2.24, 2.45) is 0 Å². The monoisotopic (exact) mass is 376 g/mol. The second-order valence-corrected chi connectivity index (χ2v) is 7.85. The molecule has 2 heterocycles. The van der Waals surface area contributed by atoms with Gasteiger partial charge in [-0.3, -0.25) is 14.7 Å². The van der Waals surface area contributed by atoms with E-state index in [1.54, 1.807) is 12.3 Å². The molecule has 1 amide bonds. The van der Waals surface area contributed by atoms with Gasteiger partial charge in [-0.15, -0.1) is 0 Å². The summed E-state index contributed by atoms with van der Waals surface area (Å²) in [4.78, 5) is 15.8. The van der Waals surface area contributed by atoms with E-state index in [9.17, 15) is 15.0 Å². The smallest absolute Gasteiger partial charge is 0.229 e. The molecular weight excluding hydrogens is 358 g/mol. The average Bonchev–Trinajstić information content (AvgIpc) is 2.67. The minimum Gasteiger partial charge on any atom is -0.388 e. The highest BCUT2D eigenvalue weighted by Crippen LogP contribution is 2.40. The second kappa shape index (κ2) is 7.00. The van der Waals surface area contributed by atoms with E-state index in [0.29, 0.717) is 23.7 Å². The second-order valence-electron chi connectivity index (χ2n) is 7.01. The Balaban J connectivity index is 1.79. The molecule has 2 atom stereocenters. The Hall–Kier alpha value is -1.76. The number of aromatic nitrogens is 1. The summed E-state index contributed by atoms with van der Waals surface area (Å²) in [6.07, 6.45) is 6.50. The molecule has 2 aliphatic rings. The summed E-state index contributed by atoms with van der Waals surface area (Å²) in [5.41, 5.74) is 5.47. The van der Waals surface area contributed by atoms with Crippen molar-refractivity contribution in [3.05, 3.63) is 47.3 Å². The van der Waals surface area contributed by atoms with Crippen molar-refractivity contribution in [3.8, 4) is 11.1 Å². The predicted octanol–water partition coefficient (Wildman–Crippen LogP) is 1.99. The number of hydrogen-bond acceptors (Lipinski definition) is 5. The molecule has 0 fully saturated rings. The van der Waals surface area contributed by atoms with Crippen LogP contribution in [0.2, 0.25) is 0 Å². The zero-order chi connectivity index (χ0) is 19.2. The van der Waals surface area contributed by atoms with Gasteiger partial charge in [0.15, 0.2) is 15.0 Å². The van der Waals surface area contributed by atoms with Crippen LogP contribution in [0.1, 0.15) is 42.1 Å². The summed E-state index contributed by atoms with van der Waals surface area (Å²) in [6.45, 7) is 0. The number of pyridine rings is 1. The highest BCUT2D eigenvalue weighted by molar-refractivity contribution is 8.21. The minimum atomic E-state index is -1.99. The fourth-order valence-corrected chi connectivity index (χ4v) is 4.31. The van der Waals surface area contributed by atoms with Crippen LogP contribution in [0.3, 0.4) is 0 Å². The van der Waals surface area contributed by atoms with Crippen molar-refractivity contribution in [2.75, 3.05) is 4.90 Å². The van der Waals surface area contributed by atoms with Crippen molar-refractivity contribution in [2.45, 2.75) is 43.2 Å². The Bertz CT molecular complexity index is 907. The molecule has 0 bridgehead atoms. The SMILES string of the molecule is [B]SC([B])(O)N1C(=O)CCc2cc(-c3cncc4c3CCCC4O)ccc21. The van der Waals surface area contributed by atoms with E-state index in [1.165, 1.54) is 0 Å². The molecule has 0 spiro atoms. The van der Waals surface area contributed by atoms with Crippen LogP contribution in [0.4, 0.5) is 5.69 Å². The van der Waals surface area contributed by atoms with E-state index in [-0.39, 0.29) is 12.3 Å². The first-order valence-corrected chi connectivity index (χ1v) is 9.80. The Kier molecular flexibility index (Phi) is 4.82. The molecule has 2 unspecified atom stereocenters. The van der Waals surface area contributed by atoms with Gasteiger partial charge in [0.1, 0.15) is 4.96 Å².